The number of likely N-dealkylation sites (tertiary alicyclic amines) is 1. The van der Waals surface area contributed by atoms with Gasteiger partial charge in [0.05, 0.1) is 17.2 Å². The molecule has 156 valence electrons. The predicted molar refractivity (Wildman–Crippen MR) is 117 cm³/mol. The number of benzene rings is 2. The van der Waals surface area contributed by atoms with Crippen molar-refractivity contribution in [2.24, 2.45) is 11.8 Å². The lowest BCUT2D eigenvalue weighted by Gasteiger charge is -2.34. The number of rotatable bonds is 6. The van der Waals surface area contributed by atoms with Gasteiger partial charge in [0.2, 0.25) is 0 Å². The van der Waals surface area contributed by atoms with Crippen LogP contribution in [0, 0.1) is 23.2 Å². The molecule has 30 heavy (non-hydrogen) atoms. The standard InChI is InChI=1S/C24H26N2O3S/c1-17-11-18(2)14-26(13-17)23(27)15-29-24(28)21-5-3-4-6-22(21)30-16-20-9-7-19(12-25)8-10-20/h3-10,17-18H,11,13-16H2,1-2H3/t17-,18-/m1/s1. The Labute approximate surface area is 182 Å². The Hall–Kier alpha value is -2.78. The first-order valence-corrected chi connectivity index (χ1v) is 11.1. The average Bonchev–Trinajstić information content (AvgIpc) is 2.75. The zero-order valence-corrected chi connectivity index (χ0v) is 18.2. The van der Waals surface area contributed by atoms with Crippen molar-refractivity contribution < 1.29 is 14.3 Å². The van der Waals surface area contributed by atoms with Gasteiger partial charge in [0.15, 0.2) is 6.61 Å². The van der Waals surface area contributed by atoms with Crippen molar-refractivity contribution in [1.82, 2.24) is 4.90 Å². The normalized spacial score (nSPS) is 18.5. The van der Waals surface area contributed by atoms with Crippen molar-refractivity contribution in [3.05, 3.63) is 65.2 Å². The van der Waals surface area contributed by atoms with Crippen molar-refractivity contribution in [2.75, 3.05) is 19.7 Å². The fraction of sp³-hybridized carbons (Fsp3) is 0.375. The van der Waals surface area contributed by atoms with E-state index in [0.29, 0.717) is 28.7 Å². The van der Waals surface area contributed by atoms with E-state index in [9.17, 15) is 9.59 Å². The van der Waals surface area contributed by atoms with Crippen LogP contribution in [0.25, 0.3) is 0 Å². The highest BCUT2D eigenvalue weighted by atomic mass is 32.2. The van der Waals surface area contributed by atoms with Crippen LogP contribution in [0.5, 0.6) is 0 Å². The third-order valence-corrected chi connectivity index (χ3v) is 6.28. The molecule has 1 aliphatic heterocycles. The Bertz CT molecular complexity index is 926. The molecule has 0 bridgehead atoms. The number of nitriles is 1. The van der Waals surface area contributed by atoms with E-state index in [1.165, 1.54) is 11.8 Å². The highest BCUT2D eigenvalue weighted by Gasteiger charge is 2.26. The highest BCUT2D eigenvalue weighted by molar-refractivity contribution is 7.98. The second-order valence-corrected chi connectivity index (χ2v) is 8.93. The van der Waals surface area contributed by atoms with E-state index in [1.807, 2.05) is 24.3 Å². The molecule has 0 radical (unpaired) electrons. The van der Waals surface area contributed by atoms with Crippen LogP contribution in [0.1, 0.15) is 41.8 Å². The molecule has 5 nitrogen and oxygen atoms in total. The predicted octanol–water partition coefficient (Wildman–Crippen LogP) is 4.51. The van der Waals surface area contributed by atoms with Gasteiger partial charge in [-0.05, 0) is 48.1 Å². The fourth-order valence-corrected chi connectivity index (χ4v) is 4.76. The van der Waals surface area contributed by atoms with E-state index in [4.69, 9.17) is 10.00 Å². The van der Waals surface area contributed by atoms with E-state index in [2.05, 4.69) is 19.9 Å². The van der Waals surface area contributed by atoms with Gasteiger partial charge >= 0.3 is 5.97 Å². The van der Waals surface area contributed by atoms with Crippen molar-refractivity contribution >= 4 is 23.6 Å². The molecule has 1 aliphatic rings. The number of piperidine rings is 1. The molecule has 1 fully saturated rings. The van der Waals surface area contributed by atoms with Crippen LogP contribution in [0.15, 0.2) is 53.4 Å². The highest BCUT2D eigenvalue weighted by Crippen LogP contribution is 2.27. The van der Waals surface area contributed by atoms with Crippen molar-refractivity contribution in [2.45, 2.75) is 30.9 Å². The van der Waals surface area contributed by atoms with Gasteiger partial charge in [-0.15, -0.1) is 11.8 Å². The van der Waals surface area contributed by atoms with Gasteiger partial charge in [0.1, 0.15) is 0 Å². The monoisotopic (exact) mass is 422 g/mol. The molecule has 0 spiro atoms. The zero-order valence-electron chi connectivity index (χ0n) is 17.3. The van der Waals surface area contributed by atoms with Crippen molar-refractivity contribution in [3.8, 4) is 6.07 Å². The lowest BCUT2D eigenvalue weighted by atomic mass is 9.92. The molecule has 1 saturated heterocycles. The molecule has 6 heteroatoms. The summed E-state index contributed by atoms with van der Waals surface area (Å²) in [6.45, 7) is 5.50. The van der Waals surface area contributed by atoms with E-state index >= 15 is 0 Å². The smallest absolute Gasteiger partial charge is 0.339 e. The second-order valence-electron chi connectivity index (χ2n) is 7.91. The lowest BCUT2D eigenvalue weighted by Crippen LogP contribution is -2.44. The first kappa shape index (κ1) is 21.9. The van der Waals surface area contributed by atoms with E-state index in [-0.39, 0.29) is 12.5 Å². The summed E-state index contributed by atoms with van der Waals surface area (Å²) >= 11 is 1.53. The minimum absolute atomic E-state index is 0.135. The molecule has 1 amide bonds. The molecule has 0 unspecified atom stereocenters. The summed E-state index contributed by atoms with van der Waals surface area (Å²) in [6.07, 6.45) is 1.12. The van der Waals surface area contributed by atoms with Gasteiger partial charge in [-0.1, -0.05) is 38.1 Å². The third-order valence-electron chi connectivity index (χ3n) is 5.13. The summed E-state index contributed by atoms with van der Waals surface area (Å²) in [5, 5.41) is 8.90. The maximum Gasteiger partial charge on any atom is 0.339 e. The quantitative estimate of drug-likeness (QED) is 0.506. The summed E-state index contributed by atoms with van der Waals surface area (Å²) < 4.78 is 5.36. The number of nitrogens with zero attached hydrogens (tertiary/aromatic N) is 2. The minimum atomic E-state index is -0.482. The Morgan fingerprint density at radius 3 is 2.43 bits per heavy atom. The number of esters is 1. The fourth-order valence-electron chi connectivity index (χ4n) is 3.76. The van der Waals surface area contributed by atoms with Crippen LogP contribution in [-0.4, -0.2) is 36.5 Å². The molecule has 2 aromatic rings. The van der Waals surface area contributed by atoms with Gasteiger partial charge in [-0.25, -0.2) is 4.79 Å². The molecule has 0 N–H and O–H groups in total. The SMILES string of the molecule is C[C@@H]1C[C@@H](C)CN(C(=O)COC(=O)c2ccccc2SCc2ccc(C#N)cc2)C1. The van der Waals surface area contributed by atoms with Gasteiger partial charge in [0.25, 0.3) is 5.91 Å². The molecular formula is C24H26N2O3S. The summed E-state index contributed by atoms with van der Waals surface area (Å²) in [5.41, 5.74) is 2.14. The molecular weight excluding hydrogens is 396 g/mol. The maximum absolute atomic E-state index is 12.6. The van der Waals surface area contributed by atoms with Gasteiger partial charge in [-0.2, -0.15) is 5.26 Å². The molecule has 2 atom stereocenters. The Balaban J connectivity index is 1.58. The molecule has 3 rings (SSSR count). The number of ether oxygens (including phenoxy) is 1. The number of thioether (sulfide) groups is 1. The number of carbonyl (C=O) groups excluding carboxylic acids is 2. The molecule has 0 aliphatic carbocycles. The summed E-state index contributed by atoms with van der Waals surface area (Å²) in [5.74, 6) is 0.979. The summed E-state index contributed by atoms with van der Waals surface area (Å²) in [4.78, 5) is 27.7. The summed E-state index contributed by atoms with van der Waals surface area (Å²) in [6, 6.07) is 16.7. The van der Waals surface area contributed by atoms with Crippen LogP contribution in [0.2, 0.25) is 0 Å². The van der Waals surface area contributed by atoms with Crippen molar-refractivity contribution in [1.29, 1.82) is 5.26 Å². The van der Waals surface area contributed by atoms with Gasteiger partial charge < -0.3 is 9.64 Å². The van der Waals surface area contributed by atoms with Crippen molar-refractivity contribution in [3.63, 3.8) is 0 Å². The molecule has 1 heterocycles. The number of hydrogen-bond donors (Lipinski definition) is 0. The van der Waals surface area contributed by atoms with E-state index in [1.54, 1.807) is 29.2 Å². The van der Waals surface area contributed by atoms with Crippen LogP contribution in [0.4, 0.5) is 0 Å². The zero-order chi connectivity index (χ0) is 21.5. The number of carbonyl (C=O) groups is 2. The lowest BCUT2D eigenvalue weighted by molar-refractivity contribution is -0.137. The van der Waals surface area contributed by atoms with Crippen LogP contribution in [0.3, 0.4) is 0 Å². The third kappa shape index (κ3) is 5.87. The molecule has 2 aromatic carbocycles. The molecule has 0 saturated carbocycles. The largest absolute Gasteiger partial charge is 0.452 e. The first-order chi connectivity index (χ1) is 14.5. The Morgan fingerprint density at radius 1 is 1.10 bits per heavy atom. The Morgan fingerprint density at radius 2 is 1.77 bits per heavy atom. The van der Waals surface area contributed by atoms with Crippen LogP contribution in [-0.2, 0) is 15.3 Å². The van der Waals surface area contributed by atoms with E-state index in [0.717, 1.165) is 30.0 Å². The van der Waals surface area contributed by atoms with E-state index < -0.39 is 5.97 Å². The average molecular weight is 423 g/mol. The Kier molecular flexibility index (Phi) is 7.53. The minimum Gasteiger partial charge on any atom is -0.452 e. The molecule has 0 aromatic heterocycles. The topological polar surface area (TPSA) is 70.4 Å². The van der Waals surface area contributed by atoms with Crippen LogP contribution < -0.4 is 0 Å². The number of hydrogen-bond acceptors (Lipinski definition) is 5. The van der Waals surface area contributed by atoms with Crippen LogP contribution >= 0.6 is 11.8 Å². The van der Waals surface area contributed by atoms with Gasteiger partial charge in [0, 0.05) is 23.7 Å². The summed E-state index contributed by atoms with van der Waals surface area (Å²) in [7, 11) is 0. The number of amides is 1. The maximum atomic E-state index is 12.6. The first-order valence-electron chi connectivity index (χ1n) is 10.1. The van der Waals surface area contributed by atoms with Gasteiger partial charge in [-0.3, -0.25) is 4.79 Å². The second kappa shape index (κ2) is 10.3.